The third-order valence-electron chi connectivity index (χ3n) is 4.56. The predicted molar refractivity (Wildman–Crippen MR) is 127 cm³/mol. The highest BCUT2D eigenvalue weighted by Crippen LogP contribution is 2.25. The van der Waals surface area contributed by atoms with Gasteiger partial charge in [0.25, 0.3) is 0 Å². The van der Waals surface area contributed by atoms with E-state index in [9.17, 15) is 13.2 Å². The predicted octanol–water partition coefficient (Wildman–Crippen LogP) is 3.08. The molecule has 9 nitrogen and oxygen atoms in total. The van der Waals surface area contributed by atoms with Crippen LogP contribution in [-0.2, 0) is 4.74 Å². The molecule has 13 heteroatoms. The fourth-order valence-electron chi connectivity index (χ4n) is 3.17. The lowest BCUT2D eigenvalue weighted by Gasteiger charge is -2.25. The minimum absolute atomic E-state index is 0.117. The van der Waals surface area contributed by atoms with Crippen LogP contribution in [0.1, 0.15) is 11.4 Å². The average Bonchev–Trinajstić information content (AvgIpc) is 2.72. The Labute approximate surface area is 200 Å². The van der Waals surface area contributed by atoms with E-state index in [0.29, 0.717) is 37.4 Å². The highest BCUT2D eigenvalue weighted by atomic mass is 32.1. The minimum atomic E-state index is -4.78. The second-order valence-electron chi connectivity index (χ2n) is 7.44. The number of anilines is 2. The van der Waals surface area contributed by atoms with Crippen molar-refractivity contribution in [1.82, 2.24) is 20.2 Å². The number of nitrogens with zero attached hydrogens (tertiary/aromatic N) is 4. The van der Waals surface area contributed by atoms with E-state index in [0.717, 1.165) is 31.0 Å². The molecule has 0 bridgehead atoms. The largest absolute Gasteiger partial charge is 0.573 e. The summed E-state index contributed by atoms with van der Waals surface area (Å²) < 4.78 is 46.8. The maximum atomic E-state index is 12.5. The second-order valence-corrected chi connectivity index (χ2v) is 7.85. The van der Waals surface area contributed by atoms with E-state index in [4.69, 9.17) is 17.0 Å². The van der Waals surface area contributed by atoms with Crippen LogP contribution in [0.15, 0.2) is 35.3 Å². The smallest absolute Gasteiger partial charge is 0.406 e. The number of hydrogen-bond donors (Lipinski definition) is 3. The van der Waals surface area contributed by atoms with Gasteiger partial charge in [-0.2, -0.15) is 0 Å². The fraction of sp³-hybridized carbons (Fsp3) is 0.429. The molecule has 1 aromatic carbocycles. The molecule has 0 aliphatic carbocycles. The molecular formula is C21H26F3N7O2S. The molecule has 3 N–H and O–H groups in total. The first kappa shape index (κ1) is 25.6. The van der Waals surface area contributed by atoms with E-state index < -0.39 is 6.36 Å². The van der Waals surface area contributed by atoms with Gasteiger partial charge in [-0.15, -0.1) is 13.2 Å². The first-order valence-corrected chi connectivity index (χ1v) is 10.9. The van der Waals surface area contributed by atoms with Crippen molar-refractivity contribution in [2.75, 3.05) is 50.0 Å². The summed E-state index contributed by atoms with van der Waals surface area (Å²) >= 11 is 5.33. The number of aryl methyl sites for hydroxylation is 2. The topological polar surface area (TPSA) is 95.9 Å². The Morgan fingerprint density at radius 3 is 2.53 bits per heavy atom. The summed E-state index contributed by atoms with van der Waals surface area (Å²) in [6.07, 6.45) is -4.78. The lowest BCUT2D eigenvalue weighted by atomic mass is 10.3. The number of aliphatic imine (C=N–C) groups is 1. The van der Waals surface area contributed by atoms with Gasteiger partial charge >= 0.3 is 6.36 Å². The average molecular weight is 498 g/mol. The Bertz CT molecular complexity index is 994. The molecule has 2 heterocycles. The van der Waals surface area contributed by atoms with E-state index in [1.165, 1.54) is 18.2 Å². The van der Waals surface area contributed by atoms with Crippen molar-refractivity contribution in [3.05, 3.63) is 41.7 Å². The van der Waals surface area contributed by atoms with Gasteiger partial charge in [-0.25, -0.2) is 9.97 Å². The van der Waals surface area contributed by atoms with Gasteiger partial charge < -0.3 is 20.1 Å². The third-order valence-corrected chi connectivity index (χ3v) is 4.76. The molecule has 0 spiro atoms. The van der Waals surface area contributed by atoms with Crippen molar-refractivity contribution in [3.8, 4) is 5.75 Å². The monoisotopic (exact) mass is 497 g/mol. The summed E-state index contributed by atoms with van der Waals surface area (Å²) in [4.78, 5) is 15.5. The van der Waals surface area contributed by atoms with Crippen LogP contribution in [-0.4, -0.2) is 71.7 Å². The van der Waals surface area contributed by atoms with Crippen molar-refractivity contribution in [2.24, 2.45) is 4.99 Å². The van der Waals surface area contributed by atoms with E-state index in [1.807, 2.05) is 19.9 Å². The number of rotatable bonds is 6. The van der Waals surface area contributed by atoms with Crippen LogP contribution in [0.4, 0.5) is 24.8 Å². The van der Waals surface area contributed by atoms with Crippen molar-refractivity contribution in [1.29, 1.82) is 0 Å². The van der Waals surface area contributed by atoms with Gasteiger partial charge in [0, 0.05) is 42.8 Å². The van der Waals surface area contributed by atoms with Crippen molar-refractivity contribution in [3.63, 3.8) is 0 Å². The number of benzene rings is 1. The summed E-state index contributed by atoms with van der Waals surface area (Å²) in [5.74, 6) is 0.290. The van der Waals surface area contributed by atoms with Crippen molar-refractivity contribution < 1.29 is 22.6 Å². The van der Waals surface area contributed by atoms with Gasteiger partial charge in [0.1, 0.15) is 5.75 Å². The molecular weight excluding hydrogens is 471 g/mol. The molecule has 0 atom stereocenters. The van der Waals surface area contributed by atoms with Crippen LogP contribution < -0.4 is 20.7 Å². The first-order valence-electron chi connectivity index (χ1n) is 10.5. The summed E-state index contributed by atoms with van der Waals surface area (Å²) in [5.41, 5.74) is 1.88. The number of aromatic nitrogens is 2. The molecule has 0 radical (unpaired) electrons. The second kappa shape index (κ2) is 11.9. The maximum absolute atomic E-state index is 12.5. The van der Waals surface area contributed by atoms with Crippen LogP contribution in [0.2, 0.25) is 0 Å². The summed E-state index contributed by atoms with van der Waals surface area (Å²) in [7, 11) is 0. The highest BCUT2D eigenvalue weighted by Gasteiger charge is 2.31. The molecule has 1 aliphatic rings. The zero-order valence-electron chi connectivity index (χ0n) is 18.8. The highest BCUT2D eigenvalue weighted by molar-refractivity contribution is 7.80. The third kappa shape index (κ3) is 9.08. The van der Waals surface area contributed by atoms with Crippen LogP contribution in [0.25, 0.3) is 0 Å². The lowest BCUT2D eigenvalue weighted by Crippen LogP contribution is -2.41. The Morgan fingerprint density at radius 1 is 1.15 bits per heavy atom. The Balaban J connectivity index is 1.67. The number of alkyl halides is 3. The molecule has 0 saturated carbocycles. The number of halogens is 3. The Kier molecular flexibility index (Phi) is 8.96. The summed E-state index contributed by atoms with van der Waals surface area (Å²) in [6, 6.07) is 7.22. The zero-order chi connectivity index (χ0) is 24.6. The maximum Gasteiger partial charge on any atom is 0.573 e. The van der Waals surface area contributed by atoms with Crippen molar-refractivity contribution in [2.45, 2.75) is 20.2 Å². The molecule has 3 rings (SSSR count). The minimum Gasteiger partial charge on any atom is -0.406 e. The Morgan fingerprint density at radius 2 is 1.85 bits per heavy atom. The summed E-state index contributed by atoms with van der Waals surface area (Å²) in [5, 5.41) is 8.91. The van der Waals surface area contributed by atoms with Gasteiger partial charge in [0.15, 0.2) is 5.11 Å². The number of guanidine groups is 1. The number of hydrogen-bond acceptors (Lipinski definition) is 7. The zero-order valence-corrected chi connectivity index (χ0v) is 19.6. The van der Waals surface area contributed by atoms with Gasteiger partial charge in [0.2, 0.25) is 11.9 Å². The van der Waals surface area contributed by atoms with E-state index >= 15 is 0 Å². The van der Waals surface area contributed by atoms with E-state index in [-0.39, 0.29) is 10.9 Å². The summed E-state index contributed by atoms with van der Waals surface area (Å²) in [6.45, 7) is 7.95. The standard InChI is InChI=1S/C21H26F3N7O2S/c1-14-12-15(2)27-19(26-14)29-18(25-6-7-31-8-10-32-11-9-31)30-20(34)28-16-4-3-5-17(13-16)33-21(22,23)24/h3-5,12-13H,6-11H2,1-2H3,(H3,25,26,27,28,29,30,34). The number of thiocarbonyl (C=S) groups is 1. The molecule has 1 saturated heterocycles. The first-order chi connectivity index (χ1) is 16.2. The van der Waals surface area contributed by atoms with Crippen LogP contribution in [0.5, 0.6) is 5.75 Å². The fourth-order valence-corrected chi connectivity index (χ4v) is 3.38. The quantitative estimate of drug-likeness (QED) is 0.316. The number of morpholine rings is 1. The molecule has 34 heavy (non-hydrogen) atoms. The molecule has 0 amide bonds. The van der Waals surface area contributed by atoms with Gasteiger partial charge in [0.05, 0.1) is 19.8 Å². The molecule has 184 valence electrons. The molecule has 0 unspecified atom stereocenters. The van der Waals surface area contributed by atoms with E-state index in [1.54, 1.807) is 6.07 Å². The normalized spacial score (nSPS) is 15.0. The SMILES string of the molecule is Cc1cc(C)nc(NC(=NCCN2CCOCC2)NC(=S)Nc2cccc(OC(F)(F)F)c2)n1. The molecule has 1 fully saturated rings. The van der Waals surface area contributed by atoms with Gasteiger partial charge in [-0.1, -0.05) is 6.07 Å². The molecule has 1 aromatic heterocycles. The molecule has 1 aliphatic heterocycles. The number of ether oxygens (including phenoxy) is 2. The molecule has 2 aromatic rings. The van der Waals surface area contributed by atoms with Gasteiger partial charge in [-0.05, 0) is 44.3 Å². The van der Waals surface area contributed by atoms with Crippen LogP contribution in [0, 0.1) is 13.8 Å². The van der Waals surface area contributed by atoms with Crippen LogP contribution in [0.3, 0.4) is 0 Å². The van der Waals surface area contributed by atoms with E-state index in [2.05, 4.69) is 40.5 Å². The van der Waals surface area contributed by atoms with Gasteiger partial charge in [-0.3, -0.25) is 15.2 Å². The Hall–Kier alpha value is -3.03. The van der Waals surface area contributed by atoms with Crippen molar-refractivity contribution >= 4 is 34.9 Å². The lowest BCUT2D eigenvalue weighted by molar-refractivity contribution is -0.274. The van der Waals surface area contributed by atoms with Crippen LogP contribution >= 0.6 is 12.2 Å². The number of nitrogens with one attached hydrogen (secondary N) is 3.